The Hall–Kier alpha value is -0.600. The summed E-state index contributed by atoms with van der Waals surface area (Å²) in [4.78, 5) is 0. The van der Waals surface area contributed by atoms with E-state index < -0.39 is 0 Å². The molecule has 0 radical (unpaired) electrons. The number of hydrogen-bond donors (Lipinski definition) is 1. The van der Waals surface area contributed by atoms with Gasteiger partial charge in [-0.15, -0.1) is 0 Å². The first-order valence-electron chi connectivity index (χ1n) is 5.06. The highest BCUT2D eigenvalue weighted by atomic mass is 35.5. The first-order chi connectivity index (χ1) is 6.83. The van der Waals surface area contributed by atoms with E-state index in [1.54, 1.807) is 6.07 Å². The minimum atomic E-state index is -0.364. The van der Waals surface area contributed by atoms with Crippen molar-refractivity contribution in [1.82, 2.24) is 0 Å². The van der Waals surface area contributed by atoms with Gasteiger partial charge < -0.3 is 5.73 Å². The molecule has 0 saturated carbocycles. The molecular formula is C12H17ClFN. The van der Waals surface area contributed by atoms with Gasteiger partial charge in [-0.1, -0.05) is 25.4 Å². The average Bonchev–Trinajstić information content (AvgIpc) is 2.10. The molecular weight excluding hydrogens is 213 g/mol. The largest absolute Gasteiger partial charge is 0.325 e. The van der Waals surface area contributed by atoms with Crippen molar-refractivity contribution in [2.75, 3.05) is 0 Å². The Morgan fingerprint density at radius 1 is 1.47 bits per heavy atom. The van der Waals surface area contributed by atoms with E-state index >= 15 is 0 Å². The molecule has 0 heterocycles. The number of benzene rings is 1. The molecule has 84 valence electrons. The zero-order valence-corrected chi connectivity index (χ0v) is 10.1. The van der Waals surface area contributed by atoms with E-state index in [9.17, 15) is 4.39 Å². The summed E-state index contributed by atoms with van der Waals surface area (Å²) in [5.74, 6) is 0.0470. The first-order valence-corrected chi connectivity index (χ1v) is 5.43. The van der Waals surface area contributed by atoms with Crippen molar-refractivity contribution in [3.8, 4) is 0 Å². The van der Waals surface area contributed by atoms with Crippen LogP contribution >= 0.6 is 11.6 Å². The van der Waals surface area contributed by atoms with Crippen LogP contribution in [0.25, 0.3) is 0 Å². The summed E-state index contributed by atoms with van der Waals surface area (Å²) in [6.07, 6.45) is 0.585. The third-order valence-corrected chi connectivity index (χ3v) is 3.27. The second-order valence-electron chi connectivity index (χ2n) is 4.57. The fourth-order valence-electron chi connectivity index (χ4n) is 1.29. The lowest BCUT2D eigenvalue weighted by molar-refractivity contribution is 0.337. The number of halogens is 2. The molecule has 0 aliphatic rings. The van der Waals surface area contributed by atoms with E-state index in [1.807, 2.05) is 20.8 Å². The van der Waals surface area contributed by atoms with Crippen LogP contribution in [0.4, 0.5) is 4.39 Å². The zero-order valence-electron chi connectivity index (χ0n) is 9.35. The molecule has 0 saturated heterocycles. The molecule has 0 fully saturated rings. The summed E-state index contributed by atoms with van der Waals surface area (Å²) < 4.78 is 13.0. The van der Waals surface area contributed by atoms with E-state index in [-0.39, 0.29) is 11.4 Å². The molecule has 1 atom stereocenters. The third-order valence-electron chi connectivity index (χ3n) is 2.90. The Labute approximate surface area is 95.4 Å². The van der Waals surface area contributed by atoms with Gasteiger partial charge in [-0.25, -0.2) is 4.39 Å². The molecule has 0 aromatic heterocycles. The van der Waals surface area contributed by atoms with Crippen molar-refractivity contribution in [3.05, 3.63) is 34.6 Å². The highest BCUT2D eigenvalue weighted by Gasteiger charge is 2.24. The van der Waals surface area contributed by atoms with Crippen LogP contribution in [-0.4, -0.2) is 5.54 Å². The second-order valence-corrected chi connectivity index (χ2v) is 4.98. The lowest BCUT2D eigenvalue weighted by Gasteiger charge is -2.29. The first kappa shape index (κ1) is 12.5. The Bertz CT molecular complexity index is 347. The summed E-state index contributed by atoms with van der Waals surface area (Å²) in [5, 5.41) is 0.578. The monoisotopic (exact) mass is 229 g/mol. The number of nitrogens with two attached hydrogens (primary N) is 1. The van der Waals surface area contributed by atoms with E-state index in [2.05, 4.69) is 0 Å². The van der Waals surface area contributed by atoms with Gasteiger partial charge in [0.2, 0.25) is 0 Å². The van der Waals surface area contributed by atoms with Gasteiger partial charge in [-0.3, -0.25) is 0 Å². The molecule has 1 unspecified atom stereocenters. The van der Waals surface area contributed by atoms with Crippen LogP contribution in [0.5, 0.6) is 0 Å². The molecule has 0 spiro atoms. The maximum absolute atomic E-state index is 13.0. The van der Waals surface area contributed by atoms with Crippen LogP contribution in [0.15, 0.2) is 18.2 Å². The number of rotatable bonds is 3. The molecule has 1 nitrogen and oxygen atoms in total. The van der Waals surface area contributed by atoms with Crippen molar-refractivity contribution in [2.24, 2.45) is 11.7 Å². The van der Waals surface area contributed by atoms with E-state index in [0.717, 1.165) is 5.56 Å². The summed E-state index contributed by atoms with van der Waals surface area (Å²) in [7, 11) is 0. The Kier molecular flexibility index (Phi) is 3.74. The lowest BCUT2D eigenvalue weighted by Crippen LogP contribution is -2.43. The van der Waals surface area contributed by atoms with Gasteiger partial charge in [0.25, 0.3) is 0 Å². The number of hydrogen-bond acceptors (Lipinski definition) is 1. The Morgan fingerprint density at radius 2 is 2.07 bits per heavy atom. The molecule has 2 N–H and O–H groups in total. The summed E-state index contributed by atoms with van der Waals surface area (Å²) >= 11 is 5.98. The molecule has 1 aromatic rings. The summed E-state index contributed by atoms with van der Waals surface area (Å²) in [6.45, 7) is 6.05. The zero-order chi connectivity index (χ0) is 11.6. The SMILES string of the molecule is CC(C)C(C)(N)Cc1cc(F)ccc1Cl. The van der Waals surface area contributed by atoms with Crippen molar-refractivity contribution in [1.29, 1.82) is 0 Å². The average molecular weight is 230 g/mol. The van der Waals surface area contributed by atoms with Gasteiger partial charge >= 0.3 is 0 Å². The van der Waals surface area contributed by atoms with Gasteiger partial charge in [-0.2, -0.15) is 0 Å². The Morgan fingerprint density at radius 3 is 2.60 bits per heavy atom. The highest BCUT2D eigenvalue weighted by Crippen LogP contribution is 2.24. The summed E-state index contributed by atoms with van der Waals surface area (Å²) in [6, 6.07) is 4.38. The normalized spacial score (nSPS) is 15.4. The van der Waals surface area contributed by atoms with Crippen LogP contribution < -0.4 is 5.73 Å². The topological polar surface area (TPSA) is 26.0 Å². The third kappa shape index (κ3) is 3.18. The van der Waals surface area contributed by atoms with Crippen LogP contribution in [0.3, 0.4) is 0 Å². The highest BCUT2D eigenvalue weighted by molar-refractivity contribution is 6.31. The van der Waals surface area contributed by atoms with Crippen LogP contribution in [-0.2, 0) is 6.42 Å². The van der Waals surface area contributed by atoms with Crippen molar-refractivity contribution >= 4 is 11.6 Å². The van der Waals surface area contributed by atoms with E-state index in [4.69, 9.17) is 17.3 Å². The molecule has 1 rings (SSSR count). The van der Waals surface area contributed by atoms with Gasteiger partial charge in [0, 0.05) is 10.6 Å². The van der Waals surface area contributed by atoms with Gasteiger partial charge in [-0.05, 0) is 43.0 Å². The summed E-state index contributed by atoms with van der Waals surface area (Å²) in [5.41, 5.74) is 6.54. The van der Waals surface area contributed by atoms with Crippen LogP contribution in [0.2, 0.25) is 5.02 Å². The maximum atomic E-state index is 13.0. The predicted molar refractivity (Wildman–Crippen MR) is 62.5 cm³/mol. The fraction of sp³-hybridized carbons (Fsp3) is 0.500. The van der Waals surface area contributed by atoms with Crippen LogP contribution in [0.1, 0.15) is 26.3 Å². The van der Waals surface area contributed by atoms with Crippen molar-refractivity contribution in [2.45, 2.75) is 32.7 Å². The van der Waals surface area contributed by atoms with Gasteiger partial charge in [0.15, 0.2) is 0 Å². The minimum Gasteiger partial charge on any atom is -0.325 e. The molecule has 0 amide bonds. The van der Waals surface area contributed by atoms with E-state index in [1.165, 1.54) is 12.1 Å². The molecule has 0 bridgehead atoms. The fourth-order valence-corrected chi connectivity index (χ4v) is 1.48. The minimum absolute atomic E-state index is 0.269. The van der Waals surface area contributed by atoms with Gasteiger partial charge in [0.1, 0.15) is 5.82 Å². The molecule has 3 heteroatoms. The quantitative estimate of drug-likeness (QED) is 0.845. The van der Waals surface area contributed by atoms with E-state index in [0.29, 0.717) is 17.4 Å². The lowest BCUT2D eigenvalue weighted by atomic mass is 9.84. The second kappa shape index (κ2) is 4.50. The smallest absolute Gasteiger partial charge is 0.123 e. The van der Waals surface area contributed by atoms with Crippen LogP contribution in [0, 0.1) is 11.7 Å². The van der Waals surface area contributed by atoms with Gasteiger partial charge in [0.05, 0.1) is 0 Å². The maximum Gasteiger partial charge on any atom is 0.123 e. The molecule has 0 aliphatic heterocycles. The predicted octanol–water partition coefficient (Wildman–Crippen LogP) is 3.40. The Balaban J connectivity index is 2.94. The molecule has 1 aromatic carbocycles. The molecule has 0 aliphatic carbocycles. The van der Waals surface area contributed by atoms with Crippen molar-refractivity contribution < 1.29 is 4.39 Å². The van der Waals surface area contributed by atoms with Crippen molar-refractivity contribution in [3.63, 3.8) is 0 Å². The molecule has 15 heavy (non-hydrogen) atoms. The standard InChI is InChI=1S/C12H17ClFN/c1-8(2)12(3,15)7-9-6-10(14)4-5-11(9)13/h4-6,8H,7,15H2,1-3H3.